The van der Waals surface area contributed by atoms with Crippen LogP contribution in [0.5, 0.6) is 0 Å². The van der Waals surface area contributed by atoms with Crippen LogP contribution in [-0.2, 0) is 24.3 Å². The molecule has 1 heterocycles. The van der Waals surface area contributed by atoms with Crippen LogP contribution >= 0.6 is 0 Å². The molecule has 0 saturated carbocycles. The van der Waals surface area contributed by atoms with Crippen molar-refractivity contribution in [2.75, 3.05) is 0 Å². The highest BCUT2D eigenvalue weighted by molar-refractivity contribution is 5.97. The first-order valence-corrected chi connectivity index (χ1v) is 9.06. The van der Waals surface area contributed by atoms with Gasteiger partial charge >= 0.3 is 0 Å². The SMILES string of the molecule is NC(=O)[C@H](Cc1ccccc1)NC(=O)c1ccc(CNCc2ccoc2)cc1. The predicted molar refractivity (Wildman–Crippen MR) is 106 cm³/mol. The van der Waals surface area contributed by atoms with Gasteiger partial charge in [-0.25, -0.2) is 0 Å². The molecule has 4 N–H and O–H groups in total. The van der Waals surface area contributed by atoms with E-state index in [9.17, 15) is 9.59 Å². The minimum atomic E-state index is -0.758. The van der Waals surface area contributed by atoms with Crippen molar-refractivity contribution in [3.05, 3.63) is 95.4 Å². The minimum Gasteiger partial charge on any atom is -0.472 e. The molecule has 6 nitrogen and oxygen atoms in total. The second-order valence-electron chi connectivity index (χ2n) is 6.55. The maximum Gasteiger partial charge on any atom is 0.251 e. The number of primary amides is 1. The molecular weight excluding hydrogens is 354 g/mol. The lowest BCUT2D eigenvalue weighted by Crippen LogP contribution is -2.45. The first-order valence-electron chi connectivity index (χ1n) is 9.06. The van der Waals surface area contributed by atoms with Gasteiger partial charge in [-0.05, 0) is 29.3 Å². The van der Waals surface area contributed by atoms with Gasteiger partial charge in [0.1, 0.15) is 6.04 Å². The number of hydrogen-bond acceptors (Lipinski definition) is 4. The molecule has 28 heavy (non-hydrogen) atoms. The van der Waals surface area contributed by atoms with Crippen molar-refractivity contribution in [1.82, 2.24) is 10.6 Å². The average Bonchev–Trinajstić information content (AvgIpc) is 3.22. The Morgan fingerprint density at radius 2 is 1.61 bits per heavy atom. The van der Waals surface area contributed by atoms with E-state index in [1.165, 1.54) is 0 Å². The predicted octanol–water partition coefficient (Wildman–Crippen LogP) is 2.40. The van der Waals surface area contributed by atoms with Crippen molar-refractivity contribution in [3.8, 4) is 0 Å². The van der Waals surface area contributed by atoms with Gasteiger partial charge in [0, 0.05) is 30.6 Å². The van der Waals surface area contributed by atoms with Crippen molar-refractivity contribution in [1.29, 1.82) is 0 Å². The van der Waals surface area contributed by atoms with E-state index in [0.717, 1.165) is 16.7 Å². The molecule has 3 rings (SSSR count). The van der Waals surface area contributed by atoms with Crippen LogP contribution in [0.2, 0.25) is 0 Å². The van der Waals surface area contributed by atoms with E-state index in [1.54, 1.807) is 24.7 Å². The number of furan rings is 1. The second kappa shape index (κ2) is 9.53. The molecule has 1 aromatic heterocycles. The van der Waals surface area contributed by atoms with Crippen LogP contribution in [0, 0.1) is 0 Å². The summed E-state index contributed by atoms with van der Waals surface area (Å²) >= 11 is 0. The maximum absolute atomic E-state index is 12.5. The molecule has 0 saturated heterocycles. The van der Waals surface area contributed by atoms with Crippen molar-refractivity contribution < 1.29 is 14.0 Å². The fourth-order valence-electron chi connectivity index (χ4n) is 2.83. The molecule has 1 atom stereocenters. The van der Waals surface area contributed by atoms with E-state index in [-0.39, 0.29) is 5.91 Å². The van der Waals surface area contributed by atoms with E-state index in [2.05, 4.69) is 10.6 Å². The topological polar surface area (TPSA) is 97.4 Å². The molecule has 3 aromatic rings. The summed E-state index contributed by atoms with van der Waals surface area (Å²) in [4.78, 5) is 24.2. The van der Waals surface area contributed by atoms with Gasteiger partial charge in [0.15, 0.2) is 0 Å². The van der Waals surface area contributed by atoms with Gasteiger partial charge in [0.05, 0.1) is 12.5 Å². The lowest BCUT2D eigenvalue weighted by Gasteiger charge is -2.16. The van der Waals surface area contributed by atoms with Crippen LogP contribution in [0.3, 0.4) is 0 Å². The Labute approximate surface area is 163 Å². The maximum atomic E-state index is 12.5. The lowest BCUT2D eigenvalue weighted by atomic mass is 10.0. The van der Waals surface area contributed by atoms with E-state index >= 15 is 0 Å². The van der Waals surface area contributed by atoms with Gasteiger partial charge in [-0.2, -0.15) is 0 Å². The number of nitrogens with one attached hydrogen (secondary N) is 2. The van der Waals surface area contributed by atoms with E-state index in [1.807, 2.05) is 48.5 Å². The summed E-state index contributed by atoms with van der Waals surface area (Å²) in [7, 11) is 0. The van der Waals surface area contributed by atoms with Crippen molar-refractivity contribution in [3.63, 3.8) is 0 Å². The van der Waals surface area contributed by atoms with Crippen LogP contribution in [0.25, 0.3) is 0 Å². The van der Waals surface area contributed by atoms with Gasteiger partial charge in [0.2, 0.25) is 5.91 Å². The van der Waals surface area contributed by atoms with E-state index in [4.69, 9.17) is 10.2 Å². The minimum absolute atomic E-state index is 0.322. The van der Waals surface area contributed by atoms with Gasteiger partial charge in [-0.3, -0.25) is 9.59 Å². The number of nitrogens with two attached hydrogens (primary N) is 1. The number of benzene rings is 2. The molecule has 0 spiro atoms. The Hall–Kier alpha value is -3.38. The standard InChI is InChI=1S/C22H23N3O3/c23-21(26)20(12-16-4-2-1-3-5-16)25-22(27)19-8-6-17(7-9-19)13-24-14-18-10-11-28-15-18/h1-11,15,20,24H,12-14H2,(H2,23,26)(H,25,27)/t20-/m0/s1. The van der Waals surface area contributed by atoms with Crippen LogP contribution in [0.4, 0.5) is 0 Å². The summed E-state index contributed by atoms with van der Waals surface area (Å²) in [5.74, 6) is -0.880. The molecule has 144 valence electrons. The third kappa shape index (κ3) is 5.56. The Bertz CT molecular complexity index is 891. The van der Waals surface area contributed by atoms with Crippen molar-refractivity contribution >= 4 is 11.8 Å². The van der Waals surface area contributed by atoms with Crippen LogP contribution in [0.15, 0.2) is 77.6 Å². The Balaban J connectivity index is 1.54. The number of amides is 2. The third-order valence-electron chi connectivity index (χ3n) is 4.39. The molecule has 6 heteroatoms. The summed E-state index contributed by atoms with van der Waals surface area (Å²) < 4.78 is 5.03. The summed E-state index contributed by atoms with van der Waals surface area (Å²) in [6, 6.07) is 17.9. The smallest absolute Gasteiger partial charge is 0.251 e. The molecule has 0 aliphatic carbocycles. The summed E-state index contributed by atoms with van der Waals surface area (Å²) in [5.41, 5.74) is 9.01. The molecule has 2 amide bonds. The largest absolute Gasteiger partial charge is 0.472 e. The highest BCUT2D eigenvalue weighted by Crippen LogP contribution is 2.08. The van der Waals surface area contributed by atoms with Gasteiger partial charge in [-0.15, -0.1) is 0 Å². The average molecular weight is 377 g/mol. The zero-order valence-corrected chi connectivity index (χ0v) is 15.4. The number of rotatable bonds is 9. The third-order valence-corrected chi connectivity index (χ3v) is 4.39. The molecule has 0 radical (unpaired) electrons. The van der Waals surface area contributed by atoms with Gasteiger partial charge in [-0.1, -0.05) is 42.5 Å². The fraction of sp³-hybridized carbons (Fsp3) is 0.182. The number of hydrogen-bond donors (Lipinski definition) is 3. The van der Waals surface area contributed by atoms with Gasteiger partial charge < -0.3 is 20.8 Å². The molecule has 0 unspecified atom stereocenters. The highest BCUT2D eigenvalue weighted by Gasteiger charge is 2.19. The summed E-state index contributed by atoms with van der Waals surface area (Å²) in [6.45, 7) is 1.38. The Morgan fingerprint density at radius 3 is 2.25 bits per heavy atom. The second-order valence-corrected chi connectivity index (χ2v) is 6.55. The number of carbonyl (C=O) groups is 2. The molecule has 0 aliphatic heterocycles. The normalized spacial score (nSPS) is 11.7. The van der Waals surface area contributed by atoms with Crippen LogP contribution in [-0.4, -0.2) is 17.9 Å². The Morgan fingerprint density at radius 1 is 0.893 bits per heavy atom. The number of carbonyl (C=O) groups excluding carboxylic acids is 2. The summed E-state index contributed by atoms with van der Waals surface area (Å²) in [5, 5.41) is 6.03. The van der Waals surface area contributed by atoms with Crippen molar-refractivity contribution in [2.24, 2.45) is 5.73 Å². The highest BCUT2D eigenvalue weighted by atomic mass is 16.3. The van der Waals surface area contributed by atoms with E-state index in [0.29, 0.717) is 25.1 Å². The quantitative estimate of drug-likeness (QED) is 0.533. The first-order chi connectivity index (χ1) is 13.6. The molecule has 2 aromatic carbocycles. The molecule has 0 aliphatic rings. The van der Waals surface area contributed by atoms with Gasteiger partial charge in [0.25, 0.3) is 5.91 Å². The van der Waals surface area contributed by atoms with Crippen LogP contribution < -0.4 is 16.4 Å². The molecule has 0 fully saturated rings. The lowest BCUT2D eigenvalue weighted by molar-refractivity contribution is -0.119. The first kappa shape index (κ1) is 19.4. The Kier molecular flexibility index (Phi) is 6.59. The molecular formula is C22H23N3O3. The zero-order valence-electron chi connectivity index (χ0n) is 15.4. The molecule has 0 bridgehead atoms. The summed E-state index contributed by atoms with van der Waals surface area (Å²) in [6.07, 6.45) is 3.70. The van der Waals surface area contributed by atoms with Crippen LogP contribution in [0.1, 0.15) is 27.0 Å². The van der Waals surface area contributed by atoms with E-state index < -0.39 is 11.9 Å². The fourth-order valence-corrected chi connectivity index (χ4v) is 2.83. The van der Waals surface area contributed by atoms with Crippen molar-refractivity contribution in [2.45, 2.75) is 25.6 Å². The zero-order chi connectivity index (χ0) is 19.8. The monoisotopic (exact) mass is 377 g/mol.